The lowest BCUT2D eigenvalue weighted by Gasteiger charge is -2.36. The fraction of sp³-hybridized carbons (Fsp3) is 0.278. The quantitative estimate of drug-likeness (QED) is 0.903. The van der Waals surface area contributed by atoms with Crippen molar-refractivity contribution in [3.05, 3.63) is 59.7 Å². The molecule has 0 aromatic heterocycles. The largest absolute Gasteiger partial charge is 0.508 e. The summed E-state index contributed by atoms with van der Waals surface area (Å²) in [5.41, 5.74) is 0.359. The summed E-state index contributed by atoms with van der Waals surface area (Å²) < 4.78 is 37.8. The minimum atomic E-state index is -4.41. The van der Waals surface area contributed by atoms with Gasteiger partial charge in [0.15, 0.2) is 0 Å². The van der Waals surface area contributed by atoms with Crippen molar-refractivity contribution < 1.29 is 23.1 Å². The van der Waals surface area contributed by atoms with Gasteiger partial charge in [-0.15, -0.1) is 0 Å². The maximum absolute atomic E-state index is 12.6. The van der Waals surface area contributed by atoms with E-state index in [2.05, 4.69) is 4.90 Å². The van der Waals surface area contributed by atoms with Crippen molar-refractivity contribution in [1.82, 2.24) is 4.90 Å². The van der Waals surface area contributed by atoms with E-state index < -0.39 is 11.7 Å². The van der Waals surface area contributed by atoms with Crippen molar-refractivity contribution in [2.75, 3.05) is 31.1 Å². The molecule has 2 aromatic rings. The van der Waals surface area contributed by atoms with Crippen LogP contribution < -0.4 is 4.90 Å². The first-order valence-electron chi connectivity index (χ1n) is 7.85. The summed E-state index contributed by atoms with van der Waals surface area (Å²) in [6.45, 7) is 2.12. The van der Waals surface area contributed by atoms with Gasteiger partial charge in [0.25, 0.3) is 5.91 Å². The summed E-state index contributed by atoms with van der Waals surface area (Å²) in [4.78, 5) is 16.1. The van der Waals surface area contributed by atoms with Crippen LogP contribution in [0.1, 0.15) is 15.9 Å². The molecule has 0 atom stereocenters. The Kier molecular flexibility index (Phi) is 4.57. The average molecular weight is 350 g/mol. The van der Waals surface area contributed by atoms with E-state index in [0.29, 0.717) is 26.2 Å². The van der Waals surface area contributed by atoms with E-state index in [-0.39, 0.29) is 17.2 Å². The molecule has 1 aliphatic heterocycles. The zero-order chi connectivity index (χ0) is 18.0. The molecule has 0 bridgehead atoms. The fourth-order valence-electron chi connectivity index (χ4n) is 2.84. The molecule has 1 heterocycles. The molecular formula is C18H17F3N2O2. The second kappa shape index (κ2) is 6.66. The van der Waals surface area contributed by atoms with Crippen LogP contribution in [-0.2, 0) is 6.18 Å². The highest BCUT2D eigenvalue weighted by Gasteiger charge is 2.30. The number of alkyl halides is 3. The Morgan fingerprint density at radius 1 is 0.960 bits per heavy atom. The molecule has 132 valence electrons. The number of halogens is 3. The van der Waals surface area contributed by atoms with Gasteiger partial charge >= 0.3 is 6.18 Å². The Morgan fingerprint density at radius 2 is 1.60 bits per heavy atom. The first-order chi connectivity index (χ1) is 11.8. The Balaban J connectivity index is 1.63. The van der Waals surface area contributed by atoms with E-state index in [1.165, 1.54) is 12.1 Å². The van der Waals surface area contributed by atoms with E-state index in [1.54, 1.807) is 23.1 Å². The van der Waals surface area contributed by atoms with Gasteiger partial charge in [0, 0.05) is 43.5 Å². The van der Waals surface area contributed by atoms with Crippen molar-refractivity contribution in [2.45, 2.75) is 6.18 Å². The number of benzene rings is 2. The van der Waals surface area contributed by atoms with Crippen molar-refractivity contribution in [3.8, 4) is 5.75 Å². The average Bonchev–Trinajstić information content (AvgIpc) is 2.61. The van der Waals surface area contributed by atoms with Gasteiger partial charge in [-0.2, -0.15) is 13.2 Å². The van der Waals surface area contributed by atoms with Crippen LogP contribution in [-0.4, -0.2) is 42.1 Å². The first kappa shape index (κ1) is 17.1. The highest BCUT2D eigenvalue weighted by Crippen LogP contribution is 2.29. The van der Waals surface area contributed by atoms with Crippen molar-refractivity contribution in [2.24, 2.45) is 0 Å². The molecule has 0 aliphatic carbocycles. The minimum Gasteiger partial charge on any atom is -0.508 e. The molecule has 25 heavy (non-hydrogen) atoms. The van der Waals surface area contributed by atoms with Crippen molar-refractivity contribution >= 4 is 11.6 Å². The zero-order valence-electron chi connectivity index (χ0n) is 13.3. The van der Waals surface area contributed by atoms with Crippen LogP contribution >= 0.6 is 0 Å². The molecule has 1 fully saturated rings. The normalized spacial score (nSPS) is 15.3. The molecule has 1 amide bonds. The van der Waals surface area contributed by atoms with Gasteiger partial charge in [-0.1, -0.05) is 6.07 Å². The number of amides is 1. The number of rotatable bonds is 2. The summed E-state index contributed by atoms with van der Waals surface area (Å²) in [6, 6.07) is 11.2. The maximum Gasteiger partial charge on any atom is 0.416 e. The van der Waals surface area contributed by atoms with E-state index in [9.17, 15) is 23.1 Å². The summed E-state index contributed by atoms with van der Waals surface area (Å²) >= 11 is 0. The monoisotopic (exact) mass is 350 g/mol. The number of carbonyl (C=O) groups is 1. The third kappa shape index (κ3) is 3.87. The summed E-state index contributed by atoms with van der Waals surface area (Å²) in [7, 11) is 0. The smallest absolute Gasteiger partial charge is 0.416 e. The molecule has 3 rings (SSSR count). The fourth-order valence-corrected chi connectivity index (χ4v) is 2.84. The summed E-state index contributed by atoms with van der Waals surface area (Å²) in [5, 5.41) is 9.54. The molecule has 7 heteroatoms. The molecule has 2 aromatic carbocycles. The van der Waals surface area contributed by atoms with Crippen molar-refractivity contribution in [1.29, 1.82) is 0 Å². The number of phenolic OH excluding ortho intramolecular Hbond substituents is 1. The van der Waals surface area contributed by atoms with Crippen LogP contribution in [0.4, 0.5) is 18.9 Å². The number of anilines is 1. The van der Waals surface area contributed by atoms with Crippen LogP contribution in [0, 0.1) is 0 Å². The number of hydrogen-bond acceptors (Lipinski definition) is 3. The molecule has 0 spiro atoms. The van der Waals surface area contributed by atoms with E-state index in [4.69, 9.17) is 0 Å². The molecule has 0 saturated carbocycles. The lowest BCUT2D eigenvalue weighted by molar-refractivity contribution is -0.137. The standard InChI is InChI=1S/C18H17F3N2O2/c19-18(20,21)14-6-4-13(5-7-14)17(25)23-10-8-22(9-11-23)15-2-1-3-16(24)12-15/h1-7,12,24H,8-11H2. The van der Waals surface area contributed by atoms with Gasteiger partial charge in [-0.3, -0.25) is 4.79 Å². The molecule has 1 N–H and O–H groups in total. The van der Waals surface area contributed by atoms with Gasteiger partial charge < -0.3 is 14.9 Å². The lowest BCUT2D eigenvalue weighted by atomic mass is 10.1. The zero-order valence-corrected chi connectivity index (χ0v) is 13.3. The number of hydrogen-bond donors (Lipinski definition) is 1. The minimum absolute atomic E-state index is 0.181. The van der Waals surface area contributed by atoms with Crippen LogP contribution in [0.15, 0.2) is 48.5 Å². The van der Waals surface area contributed by atoms with Gasteiger partial charge in [-0.05, 0) is 36.4 Å². The van der Waals surface area contributed by atoms with Crippen LogP contribution in [0.25, 0.3) is 0 Å². The highest BCUT2D eigenvalue weighted by atomic mass is 19.4. The molecule has 4 nitrogen and oxygen atoms in total. The summed E-state index contributed by atoms with van der Waals surface area (Å²) in [6.07, 6.45) is -4.41. The van der Waals surface area contributed by atoms with Gasteiger partial charge in [0.1, 0.15) is 5.75 Å². The Hall–Kier alpha value is -2.70. The van der Waals surface area contributed by atoms with Crippen molar-refractivity contribution in [3.63, 3.8) is 0 Å². The number of nitrogens with zero attached hydrogens (tertiary/aromatic N) is 2. The van der Waals surface area contributed by atoms with Crippen LogP contribution in [0.5, 0.6) is 5.75 Å². The van der Waals surface area contributed by atoms with E-state index >= 15 is 0 Å². The second-order valence-electron chi connectivity index (χ2n) is 5.87. The first-order valence-corrected chi connectivity index (χ1v) is 7.85. The van der Waals surface area contributed by atoms with Gasteiger partial charge in [-0.25, -0.2) is 0 Å². The molecular weight excluding hydrogens is 333 g/mol. The molecule has 0 unspecified atom stereocenters. The second-order valence-corrected chi connectivity index (χ2v) is 5.87. The highest BCUT2D eigenvalue weighted by molar-refractivity contribution is 5.94. The van der Waals surface area contributed by atoms with E-state index in [1.807, 2.05) is 6.07 Å². The molecule has 0 radical (unpaired) electrons. The molecule has 1 aliphatic rings. The topological polar surface area (TPSA) is 43.8 Å². The predicted octanol–water partition coefficient (Wildman–Crippen LogP) is 3.37. The van der Waals surface area contributed by atoms with Crippen LogP contribution in [0.3, 0.4) is 0 Å². The van der Waals surface area contributed by atoms with Gasteiger partial charge in [0.2, 0.25) is 0 Å². The SMILES string of the molecule is O=C(c1ccc(C(F)(F)F)cc1)N1CCN(c2cccc(O)c2)CC1. The predicted molar refractivity (Wildman–Crippen MR) is 87.7 cm³/mol. The number of carbonyl (C=O) groups excluding carboxylic acids is 1. The maximum atomic E-state index is 12.6. The Bertz CT molecular complexity index is 752. The lowest BCUT2D eigenvalue weighted by Crippen LogP contribution is -2.48. The van der Waals surface area contributed by atoms with E-state index in [0.717, 1.165) is 17.8 Å². The van der Waals surface area contributed by atoms with Crippen LogP contribution in [0.2, 0.25) is 0 Å². The third-order valence-electron chi connectivity index (χ3n) is 4.22. The molecule has 1 saturated heterocycles. The number of piperazine rings is 1. The number of aromatic hydroxyl groups is 1. The Morgan fingerprint density at radius 3 is 2.16 bits per heavy atom. The number of phenols is 1. The Labute approximate surface area is 143 Å². The third-order valence-corrected chi connectivity index (χ3v) is 4.22. The van der Waals surface area contributed by atoms with Gasteiger partial charge in [0.05, 0.1) is 5.56 Å². The summed E-state index contributed by atoms with van der Waals surface area (Å²) in [5.74, 6) is -0.0926.